The summed E-state index contributed by atoms with van der Waals surface area (Å²) < 4.78 is 0. The van der Waals surface area contributed by atoms with E-state index >= 15 is 0 Å². The molecule has 1 aromatic rings. The second-order valence-electron chi connectivity index (χ2n) is 4.35. The maximum atomic E-state index is 6.20. The number of rotatable bonds is 3. The first-order chi connectivity index (χ1) is 7.93. The predicted molar refractivity (Wildman–Crippen MR) is 80.0 cm³/mol. The smallest absolute Gasteiger partial charge is 0.171 e. The van der Waals surface area contributed by atoms with E-state index in [1.54, 1.807) is 0 Å². The molecule has 0 saturated heterocycles. The minimum Gasteiger partial charge on any atom is -0.360 e. The van der Waals surface area contributed by atoms with Crippen molar-refractivity contribution in [2.75, 3.05) is 5.32 Å². The van der Waals surface area contributed by atoms with Crippen LogP contribution in [0.25, 0.3) is 0 Å². The Labute approximate surface area is 114 Å². The van der Waals surface area contributed by atoms with Crippen molar-refractivity contribution in [3.05, 3.63) is 28.3 Å². The van der Waals surface area contributed by atoms with Crippen molar-refractivity contribution >= 4 is 34.6 Å². The van der Waals surface area contributed by atoms with Crippen LogP contribution < -0.4 is 10.6 Å². The highest BCUT2D eigenvalue weighted by Crippen LogP contribution is 2.27. The van der Waals surface area contributed by atoms with Crippen molar-refractivity contribution < 1.29 is 0 Å². The normalized spacial score (nSPS) is 12.1. The fourth-order valence-electron chi connectivity index (χ4n) is 1.55. The summed E-state index contributed by atoms with van der Waals surface area (Å²) >= 11 is 11.4. The van der Waals surface area contributed by atoms with E-state index < -0.39 is 0 Å². The maximum Gasteiger partial charge on any atom is 0.171 e. The minimum atomic E-state index is 0.361. The highest BCUT2D eigenvalue weighted by Gasteiger charge is 2.08. The monoisotopic (exact) mass is 270 g/mol. The number of aryl methyl sites for hydroxylation is 2. The molecular formula is C13H19ClN2S. The number of benzene rings is 1. The van der Waals surface area contributed by atoms with Gasteiger partial charge in [-0.1, -0.05) is 24.6 Å². The molecule has 0 amide bonds. The molecule has 0 bridgehead atoms. The first-order valence-electron chi connectivity index (χ1n) is 5.78. The summed E-state index contributed by atoms with van der Waals surface area (Å²) in [5.74, 6) is 0. The third-order valence-corrected chi connectivity index (χ3v) is 3.18. The molecule has 0 saturated carbocycles. The molecule has 0 fully saturated rings. The summed E-state index contributed by atoms with van der Waals surface area (Å²) in [6, 6.07) is 4.38. The van der Waals surface area contributed by atoms with Gasteiger partial charge in [-0.05, 0) is 56.6 Å². The van der Waals surface area contributed by atoms with Crippen LogP contribution in [0.4, 0.5) is 5.69 Å². The van der Waals surface area contributed by atoms with E-state index in [0.29, 0.717) is 16.2 Å². The molecule has 1 unspecified atom stereocenters. The van der Waals surface area contributed by atoms with Gasteiger partial charge in [0.1, 0.15) is 0 Å². The van der Waals surface area contributed by atoms with Gasteiger partial charge in [0, 0.05) is 6.04 Å². The zero-order chi connectivity index (χ0) is 13.0. The van der Waals surface area contributed by atoms with Gasteiger partial charge in [0.25, 0.3) is 0 Å². The van der Waals surface area contributed by atoms with Crippen molar-refractivity contribution in [2.45, 2.75) is 40.2 Å². The average Bonchev–Trinajstić information content (AvgIpc) is 2.23. The molecule has 1 atom stereocenters. The van der Waals surface area contributed by atoms with Crippen LogP contribution >= 0.6 is 23.8 Å². The molecule has 1 aromatic carbocycles. The van der Waals surface area contributed by atoms with Crippen LogP contribution in [0.3, 0.4) is 0 Å². The Morgan fingerprint density at radius 2 is 2.06 bits per heavy atom. The number of thiocarbonyl (C=S) groups is 1. The minimum absolute atomic E-state index is 0.361. The van der Waals surface area contributed by atoms with Crippen LogP contribution in [0.2, 0.25) is 5.02 Å². The van der Waals surface area contributed by atoms with Gasteiger partial charge in [0.2, 0.25) is 0 Å². The highest BCUT2D eigenvalue weighted by atomic mass is 35.5. The van der Waals surface area contributed by atoms with E-state index in [-0.39, 0.29) is 0 Å². The van der Waals surface area contributed by atoms with Gasteiger partial charge in [-0.3, -0.25) is 0 Å². The number of nitrogens with one attached hydrogen (secondary N) is 2. The molecule has 2 nitrogen and oxygen atoms in total. The lowest BCUT2D eigenvalue weighted by molar-refractivity contribution is 0.646. The summed E-state index contributed by atoms with van der Waals surface area (Å²) in [4.78, 5) is 0. The van der Waals surface area contributed by atoms with Crippen molar-refractivity contribution in [2.24, 2.45) is 0 Å². The van der Waals surface area contributed by atoms with E-state index in [9.17, 15) is 0 Å². The van der Waals surface area contributed by atoms with Gasteiger partial charge in [-0.15, -0.1) is 0 Å². The van der Waals surface area contributed by atoms with Gasteiger partial charge in [-0.25, -0.2) is 0 Å². The summed E-state index contributed by atoms with van der Waals surface area (Å²) in [7, 11) is 0. The lowest BCUT2D eigenvalue weighted by atomic mass is 10.1. The molecule has 94 valence electrons. The van der Waals surface area contributed by atoms with Crippen molar-refractivity contribution in [3.63, 3.8) is 0 Å². The van der Waals surface area contributed by atoms with E-state index in [1.165, 1.54) is 0 Å². The Morgan fingerprint density at radius 1 is 1.41 bits per heavy atom. The van der Waals surface area contributed by atoms with Crippen LogP contribution in [-0.4, -0.2) is 11.2 Å². The van der Waals surface area contributed by atoms with Gasteiger partial charge in [0.15, 0.2) is 5.11 Å². The van der Waals surface area contributed by atoms with Gasteiger partial charge in [-0.2, -0.15) is 0 Å². The van der Waals surface area contributed by atoms with Gasteiger partial charge < -0.3 is 10.6 Å². The molecule has 0 aliphatic heterocycles. The molecule has 0 aliphatic rings. The molecule has 0 radical (unpaired) electrons. The largest absolute Gasteiger partial charge is 0.360 e. The van der Waals surface area contributed by atoms with E-state index in [2.05, 4.69) is 30.5 Å². The van der Waals surface area contributed by atoms with Crippen LogP contribution in [0.15, 0.2) is 12.1 Å². The molecule has 1 rings (SSSR count). The maximum absolute atomic E-state index is 6.20. The molecule has 0 aromatic heterocycles. The number of hydrogen-bond donors (Lipinski definition) is 2. The lowest BCUT2D eigenvalue weighted by Gasteiger charge is -2.17. The Hall–Kier alpha value is -0.800. The second-order valence-corrected chi connectivity index (χ2v) is 5.16. The molecule has 4 heteroatoms. The van der Waals surface area contributed by atoms with Crippen molar-refractivity contribution in [1.82, 2.24) is 5.32 Å². The topological polar surface area (TPSA) is 24.1 Å². The fraction of sp³-hybridized carbons (Fsp3) is 0.462. The number of hydrogen-bond acceptors (Lipinski definition) is 1. The molecular weight excluding hydrogens is 252 g/mol. The number of anilines is 1. The average molecular weight is 271 g/mol. The first kappa shape index (κ1) is 14.3. The van der Waals surface area contributed by atoms with Crippen LogP contribution in [-0.2, 0) is 0 Å². The van der Waals surface area contributed by atoms with Crippen LogP contribution in [0, 0.1) is 13.8 Å². The molecule has 0 spiro atoms. The summed E-state index contributed by atoms with van der Waals surface area (Å²) in [5.41, 5.74) is 3.14. The van der Waals surface area contributed by atoms with E-state index in [4.69, 9.17) is 23.8 Å². The van der Waals surface area contributed by atoms with Gasteiger partial charge in [0.05, 0.1) is 10.7 Å². The predicted octanol–water partition coefficient (Wildman–Crippen LogP) is 4.04. The SMILES string of the molecule is CCC(C)NC(=S)Nc1c(C)cc(C)cc1Cl. The zero-order valence-corrected chi connectivity index (χ0v) is 12.3. The Morgan fingerprint density at radius 3 is 2.59 bits per heavy atom. The third-order valence-electron chi connectivity index (χ3n) is 2.66. The molecule has 0 heterocycles. The van der Waals surface area contributed by atoms with Crippen LogP contribution in [0.5, 0.6) is 0 Å². The second kappa shape index (κ2) is 6.22. The highest BCUT2D eigenvalue weighted by molar-refractivity contribution is 7.80. The van der Waals surface area contributed by atoms with E-state index in [1.807, 2.05) is 19.9 Å². The van der Waals surface area contributed by atoms with E-state index in [0.717, 1.165) is 23.2 Å². The molecule has 0 aliphatic carbocycles. The van der Waals surface area contributed by atoms with Crippen molar-refractivity contribution in [1.29, 1.82) is 0 Å². The third kappa shape index (κ3) is 4.17. The zero-order valence-electron chi connectivity index (χ0n) is 10.7. The van der Waals surface area contributed by atoms with Crippen molar-refractivity contribution in [3.8, 4) is 0 Å². The fourth-order valence-corrected chi connectivity index (χ4v) is 2.22. The Kier molecular flexibility index (Phi) is 5.22. The summed E-state index contributed by atoms with van der Waals surface area (Å²) in [6.07, 6.45) is 1.03. The van der Waals surface area contributed by atoms with Crippen LogP contribution in [0.1, 0.15) is 31.4 Å². The molecule has 2 N–H and O–H groups in total. The summed E-state index contributed by atoms with van der Waals surface area (Å²) in [6.45, 7) is 8.26. The lowest BCUT2D eigenvalue weighted by Crippen LogP contribution is -2.35. The molecule has 17 heavy (non-hydrogen) atoms. The first-order valence-corrected chi connectivity index (χ1v) is 6.57. The Bertz CT molecular complexity index is 395. The Balaban J connectivity index is 2.78. The summed E-state index contributed by atoms with van der Waals surface area (Å²) in [5, 5.41) is 7.69. The quantitative estimate of drug-likeness (QED) is 0.811. The van der Waals surface area contributed by atoms with Gasteiger partial charge >= 0.3 is 0 Å². The standard InChI is InChI=1S/C13H19ClN2S/c1-5-10(4)15-13(17)16-12-9(3)6-8(2)7-11(12)14/h6-7,10H,5H2,1-4H3,(H2,15,16,17). The number of halogens is 1.